The van der Waals surface area contributed by atoms with Crippen LogP contribution in [0.2, 0.25) is 0 Å². The number of aromatic nitrogens is 1. The van der Waals surface area contributed by atoms with E-state index in [-0.39, 0.29) is 12.1 Å². The minimum atomic E-state index is 0.149. The Labute approximate surface area is 114 Å². The molecular weight excluding hydrogens is 242 g/mol. The molecule has 0 bridgehead atoms. The smallest absolute Gasteiger partial charge is 0.0673 e. The maximum Gasteiger partial charge on any atom is 0.0673 e. The standard InChI is InChI=1S/C14H23N3S/c1-3-12(15)14(13-6-4-5-8-16-13)17(2)11-7-9-18-10-11/h4-6,8,11-12,14H,3,7,9-10,15H2,1-2H3. The van der Waals surface area contributed by atoms with Crippen LogP contribution in [0.5, 0.6) is 0 Å². The Hall–Kier alpha value is -0.580. The van der Waals surface area contributed by atoms with E-state index in [0.717, 1.165) is 12.1 Å². The molecule has 0 saturated carbocycles. The summed E-state index contributed by atoms with van der Waals surface area (Å²) in [5, 5.41) is 0. The Morgan fingerprint density at radius 1 is 1.56 bits per heavy atom. The fourth-order valence-corrected chi connectivity index (χ4v) is 3.85. The summed E-state index contributed by atoms with van der Waals surface area (Å²) in [6, 6.07) is 7.13. The zero-order valence-corrected chi connectivity index (χ0v) is 12.1. The first kappa shape index (κ1) is 13.8. The summed E-state index contributed by atoms with van der Waals surface area (Å²) in [4.78, 5) is 6.95. The average molecular weight is 265 g/mol. The second-order valence-corrected chi connectivity index (χ2v) is 6.10. The third kappa shape index (κ3) is 3.05. The number of hydrogen-bond acceptors (Lipinski definition) is 4. The normalized spacial score (nSPS) is 23.2. The van der Waals surface area contributed by atoms with E-state index in [0.29, 0.717) is 6.04 Å². The Bertz CT molecular complexity index is 351. The van der Waals surface area contributed by atoms with Gasteiger partial charge in [0.1, 0.15) is 0 Å². The van der Waals surface area contributed by atoms with E-state index in [1.165, 1.54) is 17.9 Å². The largest absolute Gasteiger partial charge is 0.326 e. The van der Waals surface area contributed by atoms with Gasteiger partial charge in [-0.05, 0) is 37.8 Å². The minimum absolute atomic E-state index is 0.149. The molecular formula is C14H23N3S. The number of thioether (sulfide) groups is 1. The number of pyridine rings is 1. The van der Waals surface area contributed by atoms with Gasteiger partial charge in [0.25, 0.3) is 0 Å². The first-order valence-electron chi connectivity index (χ1n) is 6.70. The summed E-state index contributed by atoms with van der Waals surface area (Å²) in [5.74, 6) is 2.49. The molecule has 4 heteroatoms. The third-order valence-electron chi connectivity index (χ3n) is 3.79. The van der Waals surface area contributed by atoms with Gasteiger partial charge in [0.05, 0.1) is 11.7 Å². The highest BCUT2D eigenvalue weighted by Crippen LogP contribution is 2.30. The van der Waals surface area contributed by atoms with Crippen LogP contribution in [0.15, 0.2) is 24.4 Å². The number of nitrogens with two attached hydrogens (primary N) is 1. The van der Waals surface area contributed by atoms with E-state index < -0.39 is 0 Å². The van der Waals surface area contributed by atoms with Crippen LogP contribution >= 0.6 is 11.8 Å². The monoisotopic (exact) mass is 265 g/mol. The minimum Gasteiger partial charge on any atom is -0.326 e. The van der Waals surface area contributed by atoms with E-state index >= 15 is 0 Å². The lowest BCUT2D eigenvalue weighted by atomic mass is 9.99. The highest BCUT2D eigenvalue weighted by molar-refractivity contribution is 7.99. The number of nitrogens with zero attached hydrogens (tertiary/aromatic N) is 2. The van der Waals surface area contributed by atoms with Crippen LogP contribution in [0.1, 0.15) is 31.5 Å². The van der Waals surface area contributed by atoms with Crippen molar-refractivity contribution in [2.24, 2.45) is 5.73 Å². The van der Waals surface area contributed by atoms with Gasteiger partial charge in [-0.2, -0.15) is 11.8 Å². The van der Waals surface area contributed by atoms with Crippen molar-refractivity contribution in [3.63, 3.8) is 0 Å². The fourth-order valence-electron chi connectivity index (χ4n) is 2.57. The van der Waals surface area contributed by atoms with Gasteiger partial charge in [0.15, 0.2) is 0 Å². The topological polar surface area (TPSA) is 42.1 Å². The van der Waals surface area contributed by atoms with Crippen LogP contribution in [0.4, 0.5) is 0 Å². The van der Waals surface area contributed by atoms with Crippen LogP contribution in [-0.4, -0.2) is 40.5 Å². The number of likely N-dealkylation sites (N-methyl/N-ethyl adjacent to an activating group) is 1. The first-order valence-corrected chi connectivity index (χ1v) is 7.85. The highest BCUT2D eigenvalue weighted by atomic mass is 32.2. The van der Waals surface area contributed by atoms with Gasteiger partial charge in [0, 0.05) is 24.0 Å². The van der Waals surface area contributed by atoms with Crippen LogP contribution < -0.4 is 5.73 Å². The van der Waals surface area contributed by atoms with E-state index in [1.54, 1.807) is 0 Å². The van der Waals surface area contributed by atoms with Gasteiger partial charge in [-0.15, -0.1) is 0 Å². The second-order valence-electron chi connectivity index (χ2n) is 4.95. The van der Waals surface area contributed by atoms with Crippen molar-refractivity contribution in [1.29, 1.82) is 0 Å². The quantitative estimate of drug-likeness (QED) is 0.887. The van der Waals surface area contributed by atoms with Gasteiger partial charge >= 0.3 is 0 Å². The lowest BCUT2D eigenvalue weighted by molar-refractivity contribution is 0.158. The lowest BCUT2D eigenvalue weighted by Crippen LogP contribution is -2.44. The van der Waals surface area contributed by atoms with Crippen LogP contribution in [-0.2, 0) is 0 Å². The molecule has 100 valence electrons. The molecule has 1 aromatic rings. The van der Waals surface area contributed by atoms with Gasteiger partial charge in [-0.25, -0.2) is 0 Å². The molecule has 0 amide bonds. The molecule has 0 spiro atoms. The van der Waals surface area contributed by atoms with Crippen molar-refractivity contribution in [3.05, 3.63) is 30.1 Å². The zero-order chi connectivity index (χ0) is 13.0. The van der Waals surface area contributed by atoms with Crippen LogP contribution in [0.3, 0.4) is 0 Å². The molecule has 0 aromatic carbocycles. The summed E-state index contributed by atoms with van der Waals surface area (Å²) < 4.78 is 0. The summed E-state index contributed by atoms with van der Waals surface area (Å²) in [7, 11) is 2.20. The van der Waals surface area contributed by atoms with Crippen LogP contribution in [0.25, 0.3) is 0 Å². The van der Waals surface area contributed by atoms with Crippen molar-refractivity contribution >= 4 is 11.8 Å². The molecule has 3 nitrogen and oxygen atoms in total. The molecule has 0 radical (unpaired) electrons. The van der Waals surface area contributed by atoms with Gasteiger partial charge in [-0.1, -0.05) is 13.0 Å². The third-order valence-corrected chi connectivity index (χ3v) is 4.93. The van der Waals surface area contributed by atoms with Crippen LogP contribution in [0, 0.1) is 0 Å². The van der Waals surface area contributed by atoms with E-state index in [4.69, 9.17) is 5.73 Å². The molecule has 3 unspecified atom stereocenters. The van der Waals surface area contributed by atoms with E-state index in [9.17, 15) is 0 Å². The van der Waals surface area contributed by atoms with E-state index in [1.807, 2.05) is 24.0 Å². The molecule has 1 fully saturated rings. The molecule has 2 heterocycles. The maximum absolute atomic E-state index is 6.33. The molecule has 1 aromatic heterocycles. The Balaban J connectivity index is 2.19. The van der Waals surface area contributed by atoms with Gasteiger partial charge < -0.3 is 5.73 Å². The summed E-state index contributed by atoms with van der Waals surface area (Å²) in [6.45, 7) is 2.15. The average Bonchev–Trinajstić information content (AvgIpc) is 2.94. The fraction of sp³-hybridized carbons (Fsp3) is 0.643. The van der Waals surface area contributed by atoms with Crippen molar-refractivity contribution in [2.75, 3.05) is 18.6 Å². The van der Waals surface area contributed by atoms with E-state index in [2.05, 4.69) is 36.0 Å². The van der Waals surface area contributed by atoms with Crippen molar-refractivity contribution in [2.45, 2.75) is 37.9 Å². The molecule has 2 N–H and O–H groups in total. The molecule has 18 heavy (non-hydrogen) atoms. The maximum atomic E-state index is 6.33. The molecule has 1 aliphatic heterocycles. The molecule has 3 atom stereocenters. The zero-order valence-electron chi connectivity index (χ0n) is 11.2. The Morgan fingerprint density at radius 3 is 2.94 bits per heavy atom. The summed E-state index contributed by atoms with van der Waals surface area (Å²) >= 11 is 2.04. The lowest BCUT2D eigenvalue weighted by Gasteiger charge is -2.35. The highest BCUT2D eigenvalue weighted by Gasteiger charge is 2.30. The molecule has 1 saturated heterocycles. The second kappa shape index (κ2) is 6.55. The van der Waals surface area contributed by atoms with Gasteiger partial charge in [-0.3, -0.25) is 9.88 Å². The summed E-state index contributed by atoms with van der Waals surface area (Å²) in [6.07, 6.45) is 4.11. The summed E-state index contributed by atoms with van der Waals surface area (Å²) in [5.41, 5.74) is 7.43. The predicted octanol–water partition coefficient (Wildman–Crippen LogP) is 2.30. The number of rotatable bonds is 5. The number of hydrogen-bond donors (Lipinski definition) is 1. The van der Waals surface area contributed by atoms with Crippen molar-refractivity contribution < 1.29 is 0 Å². The molecule has 0 aliphatic carbocycles. The molecule has 2 rings (SSSR count). The first-order chi connectivity index (χ1) is 8.74. The van der Waals surface area contributed by atoms with Gasteiger partial charge in [0.2, 0.25) is 0 Å². The Kier molecular flexibility index (Phi) is 5.03. The predicted molar refractivity (Wildman–Crippen MR) is 78.7 cm³/mol. The van der Waals surface area contributed by atoms with Crippen molar-refractivity contribution in [1.82, 2.24) is 9.88 Å². The Morgan fingerprint density at radius 2 is 2.39 bits per heavy atom. The van der Waals surface area contributed by atoms with Crippen molar-refractivity contribution in [3.8, 4) is 0 Å². The SMILES string of the molecule is CCC(N)C(c1ccccn1)N(C)C1CCSC1. The molecule has 1 aliphatic rings.